The highest BCUT2D eigenvalue weighted by atomic mass is 16.5. The number of methoxy groups -OCH3 is 1. The first-order chi connectivity index (χ1) is 16.2. The topological polar surface area (TPSA) is 82.6 Å². The Morgan fingerprint density at radius 2 is 1.48 bits per heavy atom. The highest BCUT2D eigenvalue weighted by Gasteiger charge is 2.11. The zero-order chi connectivity index (χ0) is 22.9. The van der Waals surface area contributed by atoms with Gasteiger partial charge in [-0.1, -0.05) is 12.1 Å². The SMILES string of the molecule is COc1ccc(NC(=O)c2ccc(OCc3cccnc3)cc2)cc1OCc1cccnc1. The molecular weight excluding hydrogens is 418 g/mol. The van der Waals surface area contributed by atoms with E-state index < -0.39 is 0 Å². The largest absolute Gasteiger partial charge is 0.493 e. The molecule has 2 heterocycles. The molecule has 1 amide bonds. The van der Waals surface area contributed by atoms with E-state index in [2.05, 4.69) is 15.3 Å². The number of anilines is 1. The number of amides is 1. The number of carbonyl (C=O) groups is 1. The molecule has 166 valence electrons. The molecule has 7 heteroatoms. The van der Waals surface area contributed by atoms with Gasteiger partial charge in [0.2, 0.25) is 0 Å². The van der Waals surface area contributed by atoms with Crippen LogP contribution in [0.5, 0.6) is 17.2 Å². The lowest BCUT2D eigenvalue weighted by atomic mass is 10.2. The predicted molar refractivity (Wildman–Crippen MR) is 125 cm³/mol. The van der Waals surface area contributed by atoms with Gasteiger partial charge < -0.3 is 19.5 Å². The minimum absolute atomic E-state index is 0.239. The third kappa shape index (κ3) is 6.07. The molecule has 0 unspecified atom stereocenters. The van der Waals surface area contributed by atoms with Gasteiger partial charge >= 0.3 is 0 Å². The second-order valence-corrected chi connectivity index (χ2v) is 7.14. The predicted octanol–water partition coefficient (Wildman–Crippen LogP) is 4.90. The standard InChI is InChI=1S/C26H23N3O4/c1-31-24-11-8-22(14-25(24)33-18-20-5-3-13-28-16-20)29-26(30)21-6-9-23(10-7-21)32-17-19-4-2-12-27-15-19/h2-16H,17-18H2,1H3,(H,29,30). The number of rotatable bonds is 9. The zero-order valence-electron chi connectivity index (χ0n) is 18.1. The Bertz CT molecular complexity index is 1180. The van der Waals surface area contributed by atoms with Crippen molar-refractivity contribution in [3.63, 3.8) is 0 Å². The summed E-state index contributed by atoms with van der Waals surface area (Å²) in [6.07, 6.45) is 6.92. The van der Waals surface area contributed by atoms with Crippen molar-refractivity contribution in [1.29, 1.82) is 0 Å². The average Bonchev–Trinajstić information content (AvgIpc) is 2.88. The zero-order valence-corrected chi connectivity index (χ0v) is 18.1. The lowest BCUT2D eigenvalue weighted by Gasteiger charge is -2.13. The first-order valence-corrected chi connectivity index (χ1v) is 10.3. The molecule has 4 aromatic rings. The molecule has 0 aliphatic rings. The minimum atomic E-state index is -0.239. The number of benzene rings is 2. The summed E-state index contributed by atoms with van der Waals surface area (Å²) in [4.78, 5) is 20.9. The van der Waals surface area contributed by atoms with Crippen LogP contribution >= 0.6 is 0 Å². The van der Waals surface area contributed by atoms with Gasteiger partial charge in [-0.15, -0.1) is 0 Å². The number of nitrogens with one attached hydrogen (secondary N) is 1. The molecule has 0 atom stereocenters. The molecule has 4 rings (SSSR count). The summed E-state index contributed by atoms with van der Waals surface area (Å²) in [5.74, 6) is 1.54. The Balaban J connectivity index is 1.38. The maximum atomic E-state index is 12.7. The molecule has 0 aliphatic heterocycles. The van der Waals surface area contributed by atoms with Gasteiger partial charge in [-0.05, 0) is 48.5 Å². The van der Waals surface area contributed by atoms with Crippen molar-refractivity contribution in [2.75, 3.05) is 12.4 Å². The van der Waals surface area contributed by atoms with Crippen LogP contribution in [0.3, 0.4) is 0 Å². The Labute approximate surface area is 192 Å². The van der Waals surface area contributed by atoms with E-state index in [1.54, 1.807) is 74.4 Å². The molecule has 0 bridgehead atoms. The summed E-state index contributed by atoms with van der Waals surface area (Å²) in [6.45, 7) is 0.745. The molecule has 33 heavy (non-hydrogen) atoms. The van der Waals surface area contributed by atoms with E-state index >= 15 is 0 Å². The molecule has 1 N–H and O–H groups in total. The van der Waals surface area contributed by atoms with Gasteiger partial charge in [0.15, 0.2) is 11.5 Å². The fourth-order valence-corrected chi connectivity index (χ4v) is 3.07. The van der Waals surface area contributed by atoms with Crippen LogP contribution in [-0.4, -0.2) is 23.0 Å². The molecular formula is C26H23N3O4. The van der Waals surface area contributed by atoms with Crippen molar-refractivity contribution in [2.45, 2.75) is 13.2 Å². The van der Waals surface area contributed by atoms with Gasteiger partial charge in [-0.2, -0.15) is 0 Å². The first-order valence-electron chi connectivity index (χ1n) is 10.3. The van der Waals surface area contributed by atoms with Crippen molar-refractivity contribution < 1.29 is 19.0 Å². The molecule has 2 aromatic heterocycles. The summed E-state index contributed by atoms with van der Waals surface area (Å²) in [5.41, 5.74) is 3.01. The number of nitrogens with zero attached hydrogens (tertiary/aromatic N) is 2. The normalized spacial score (nSPS) is 10.3. The van der Waals surface area contributed by atoms with Crippen LogP contribution in [0.1, 0.15) is 21.5 Å². The van der Waals surface area contributed by atoms with Gasteiger partial charge in [0, 0.05) is 53.2 Å². The minimum Gasteiger partial charge on any atom is -0.493 e. The fourth-order valence-electron chi connectivity index (χ4n) is 3.07. The van der Waals surface area contributed by atoms with Gasteiger partial charge in [0.25, 0.3) is 5.91 Å². The third-order valence-corrected chi connectivity index (χ3v) is 4.78. The van der Waals surface area contributed by atoms with Gasteiger partial charge in [0.1, 0.15) is 19.0 Å². The molecule has 7 nitrogen and oxygen atoms in total. The van der Waals surface area contributed by atoms with Crippen molar-refractivity contribution in [3.8, 4) is 17.2 Å². The van der Waals surface area contributed by atoms with Gasteiger partial charge in [-0.25, -0.2) is 0 Å². The van der Waals surface area contributed by atoms with Crippen molar-refractivity contribution in [1.82, 2.24) is 9.97 Å². The van der Waals surface area contributed by atoms with Crippen LogP contribution in [0.15, 0.2) is 91.5 Å². The highest BCUT2D eigenvalue weighted by Crippen LogP contribution is 2.31. The third-order valence-electron chi connectivity index (χ3n) is 4.78. The van der Waals surface area contributed by atoms with E-state index in [9.17, 15) is 4.79 Å². The number of hydrogen-bond donors (Lipinski definition) is 1. The van der Waals surface area contributed by atoms with Crippen molar-refractivity contribution >= 4 is 11.6 Å². The summed E-state index contributed by atoms with van der Waals surface area (Å²) in [6, 6.07) is 19.8. The van der Waals surface area contributed by atoms with E-state index in [0.29, 0.717) is 41.7 Å². The maximum absolute atomic E-state index is 12.7. The van der Waals surface area contributed by atoms with E-state index in [-0.39, 0.29) is 5.91 Å². The number of pyridine rings is 2. The molecule has 0 spiro atoms. The van der Waals surface area contributed by atoms with Crippen LogP contribution in [-0.2, 0) is 13.2 Å². The molecule has 0 saturated carbocycles. The Morgan fingerprint density at radius 1 is 0.818 bits per heavy atom. The number of hydrogen-bond acceptors (Lipinski definition) is 6. The van der Waals surface area contributed by atoms with Crippen LogP contribution in [0.25, 0.3) is 0 Å². The van der Waals surface area contributed by atoms with Crippen molar-refractivity contribution in [2.24, 2.45) is 0 Å². The van der Waals surface area contributed by atoms with Gasteiger partial charge in [0.05, 0.1) is 7.11 Å². The average molecular weight is 441 g/mol. The summed E-state index contributed by atoms with van der Waals surface area (Å²) in [7, 11) is 1.57. The van der Waals surface area contributed by atoms with Crippen LogP contribution in [0.4, 0.5) is 5.69 Å². The lowest BCUT2D eigenvalue weighted by molar-refractivity contribution is 0.102. The molecule has 0 saturated heterocycles. The smallest absolute Gasteiger partial charge is 0.255 e. The van der Waals surface area contributed by atoms with Gasteiger partial charge in [-0.3, -0.25) is 14.8 Å². The summed E-state index contributed by atoms with van der Waals surface area (Å²) < 4.78 is 17.0. The highest BCUT2D eigenvalue weighted by molar-refractivity contribution is 6.04. The maximum Gasteiger partial charge on any atom is 0.255 e. The quantitative estimate of drug-likeness (QED) is 0.398. The van der Waals surface area contributed by atoms with Crippen LogP contribution in [0, 0.1) is 0 Å². The van der Waals surface area contributed by atoms with Crippen molar-refractivity contribution in [3.05, 3.63) is 108 Å². The molecule has 0 radical (unpaired) electrons. The molecule has 2 aromatic carbocycles. The van der Waals surface area contributed by atoms with Crippen LogP contribution < -0.4 is 19.5 Å². The first kappa shape index (κ1) is 21.8. The van der Waals surface area contributed by atoms with E-state index in [1.807, 2.05) is 24.3 Å². The summed E-state index contributed by atoms with van der Waals surface area (Å²) in [5, 5.41) is 2.89. The Kier molecular flexibility index (Phi) is 7.12. The second-order valence-electron chi connectivity index (χ2n) is 7.14. The van der Waals surface area contributed by atoms with E-state index in [1.165, 1.54) is 0 Å². The number of aromatic nitrogens is 2. The lowest BCUT2D eigenvalue weighted by Crippen LogP contribution is -2.12. The second kappa shape index (κ2) is 10.8. The Morgan fingerprint density at radius 3 is 2.09 bits per heavy atom. The Hall–Kier alpha value is -4.39. The fraction of sp³-hybridized carbons (Fsp3) is 0.115. The van der Waals surface area contributed by atoms with E-state index in [0.717, 1.165) is 11.1 Å². The van der Waals surface area contributed by atoms with E-state index in [4.69, 9.17) is 14.2 Å². The summed E-state index contributed by atoms with van der Waals surface area (Å²) >= 11 is 0. The monoisotopic (exact) mass is 441 g/mol. The van der Waals surface area contributed by atoms with Crippen LogP contribution in [0.2, 0.25) is 0 Å². The molecule has 0 aliphatic carbocycles. The number of carbonyl (C=O) groups excluding carboxylic acids is 1. The number of ether oxygens (including phenoxy) is 3. The molecule has 0 fully saturated rings.